The van der Waals surface area contributed by atoms with Crippen molar-refractivity contribution in [2.24, 2.45) is 0 Å². The fraction of sp³-hybridized carbons (Fsp3) is 0.286. The molecule has 0 aliphatic carbocycles. The van der Waals surface area contributed by atoms with E-state index in [0.29, 0.717) is 24.5 Å². The summed E-state index contributed by atoms with van der Waals surface area (Å²) in [6.45, 7) is 0.391. The van der Waals surface area contributed by atoms with Crippen LogP contribution in [0.2, 0.25) is 0 Å². The number of carbonyl (C=O) groups is 1. The highest BCUT2D eigenvalue weighted by atomic mass is 19.1. The zero-order chi connectivity index (χ0) is 20.2. The lowest BCUT2D eigenvalue weighted by Gasteiger charge is -2.13. The predicted molar refractivity (Wildman–Crippen MR) is 101 cm³/mol. The Morgan fingerprint density at radius 2 is 1.75 bits per heavy atom. The summed E-state index contributed by atoms with van der Waals surface area (Å²) in [5, 5.41) is 12.5. The molecule has 2 aromatic carbocycles. The molecule has 148 valence electrons. The minimum Gasteiger partial charge on any atom is -0.490 e. The van der Waals surface area contributed by atoms with Gasteiger partial charge < -0.3 is 24.6 Å². The largest absolute Gasteiger partial charge is 0.490 e. The van der Waals surface area contributed by atoms with Gasteiger partial charge in [0, 0.05) is 6.54 Å². The minimum absolute atomic E-state index is 0.213. The van der Waals surface area contributed by atoms with Gasteiger partial charge in [-0.25, -0.2) is 4.39 Å². The molecule has 2 rings (SSSR count). The van der Waals surface area contributed by atoms with E-state index < -0.39 is 12.0 Å². The molecule has 2 aromatic rings. The monoisotopic (exact) mass is 387 g/mol. The molecule has 1 unspecified atom stereocenters. The van der Waals surface area contributed by atoms with Crippen LogP contribution in [0.4, 0.5) is 4.39 Å². The molecule has 0 saturated carbocycles. The molecule has 1 amide bonds. The Hall–Kier alpha value is -3.24. The standard InChI is InChI=1S/C21H22FNO5/c1-26-13-2-14-27-18-7-3-16(4-8-18)11-12-23-21(25)20(24)15-28-19-9-5-17(22)6-10-19/h3-10,20,24H,11-12,14-15H2,1H3,(H,23,25). The Morgan fingerprint density at radius 1 is 1.11 bits per heavy atom. The number of nitrogens with one attached hydrogen (secondary N) is 1. The van der Waals surface area contributed by atoms with E-state index in [1.165, 1.54) is 31.4 Å². The number of methoxy groups -OCH3 is 1. The summed E-state index contributed by atoms with van der Waals surface area (Å²) in [6, 6.07) is 12.7. The number of aliphatic hydroxyl groups excluding tert-OH is 1. The summed E-state index contributed by atoms with van der Waals surface area (Å²) >= 11 is 0. The van der Waals surface area contributed by atoms with E-state index in [0.717, 1.165) is 5.56 Å². The lowest BCUT2D eigenvalue weighted by atomic mass is 10.1. The molecule has 0 aromatic heterocycles. The lowest BCUT2D eigenvalue weighted by Crippen LogP contribution is -2.39. The third-order valence-electron chi connectivity index (χ3n) is 3.65. The molecule has 0 saturated heterocycles. The van der Waals surface area contributed by atoms with Crippen LogP contribution in [-0.2, 0) is 16.0 Å². The van der Waals surface area contributed by atoms with Gasteiger partial charge in [-0.15, -0.1) is 0 Å². The molecular weight excluding hydrogens is 365 g/mol. The summed E-state index contributed by atoms with van der Waals surface area (Å²) < 4.78 is 28.1. The molecule has 0 radical (unpaired) electrons. The van der Waals surface area contributed by atoms with Gasteiger partial charge in [0.25, 0.3) is 5.91 Å². The Labute approximate surface area is 163 Å². The van der Waals surface area contributed by atoms with E-state index in [1.54, 1.807) is 0 Å². The van der Waals surface area contributed by atoms with E-state index in [9.17, 15) is 14.3 Å². The van der Waals surface area contributed by atoms with Crippen molar-refractivity contribution in [1.82, 2.24) is 5.32 Å². The van der Waals surface area contributed by atoms with Crippen LogP contribution in [0.15, 0.2) is 48.5 Å². The highest BCUT2D eigenvalue weighted by Crippen LogP contribution is 2.13. The van der Waals surface area contributed by atoms with E-state index in [1.807, 2.05) is 24.3 Å². The van der Waals surface area contributed by atoms with Crippen LogP contribution >= 0.6 is 0 Å². The van der Waals surface area contributed by atoms with Gasteiger partial charge in [0.1, 0.15) is 30.0 Å². The van der Waals surface area contributed by atoms with Crippen LogP contribution in [0, 0.1) is 17.8 Å². The number of benzene rings is 2. The maximum absolute atomic E-state index is 12.8. The van der Waals surface area contributed by atoms with Gasteiger partial charge in [-0.3, -0.25) is 4.79 Å². The number of amides is 1. The van der Waals surface area contributed by atoms with E-state index in [4.69, 9.17) is 9.47 Å². The third-order valence-corrected chi connectivity index (χ3v) is 3.65. The van der Waals surface area contributed by atoms with Crippen molar-refractivity contribution < 1.29 is 28.5 Å². The van der Waals surface area contributed by atoms with E-state index in [2.05, 4.69) is 22.1 Å². The smallest absolute Gasteiger partial charge is 0.252 e. The first-order valence-electron chi connectivity index (χ1n) is 8.65. The molecule has 0 aliphatic rings. The summed E-state index contributed by atoms with van der Waals surface area (Å²) in [7, 11) is 1.48. The third kappa shape index (κ3) is 7.56. The summed E-state index contributed by atoms with van der Waals surface area (Å²) in [5.41, 5.74) is 1.01. The molecule has 0 heterocycles. The number of hydrogen-bond donors (Lipinski definition) is 2. The van der Waals surface area contributed by atoms with Crippen molar-refractivity contribution in [2.75, 3.05) is 26.9 Å². The number of carbonyl (C=O) groups excluding carboxylic acids is 1. The van der Waals surface area contributed by atoms with Crippen molar-refractivity contribution in [3.05, 3.63) is 59.9 Å². The van der Waals surface area contributed by atoms with Gasteiger partial charge >= 0.3 is 0 Å². The maximum Gasteiger partial charge on any atom is 0.252 e. The average Bonchev–Trinajstić information content (AvgIpc) is 2.71. The first kappa shape index (κ1) is 21.1. The van der Waals surface area contributed by atoms with Gasteiger partial charge in [-0.05, 0) is 54.3 Å². The van der Waals surface area contributed by atoms with Crippen molar-refractivity contribution in [3.63, 3.8) is 0 Å². The molecular formula is C21H22FNO5. The van der Waals surface area contributed by atoms with Crippen molar-refractivity contribution >= 4 is 5.91 Å². The molecule has 28 heavy (non-hydrogen) atoms. The summed E-state index contributed by atoms with van der Waals surface area (Å²) in [4.78, 5) is 11.9. The maximum atomic E-state index is 12.8. The van der Waals surface area contributed by atoms with Crippen LogP contribution in [-0.4, -0.2) is 44.0 Å². The molecule has 6 nitrogen and oxygen atoms in total. The molecule has 1 atom stereocenters. The normalized spacial score (nSPS) is 11.0. The lowest BCUT2D eigenvalue weighted by molar-refractivity contribution is -0.130. The SMILES string of the molecule is COC#CCOc1ccc(CCNC(=O)C(O)COc2ccc(F)cc2)cc1. The predicted octanol–water partition coefficient (Wildman–Crippen LogP) is 1.91. The van der Waals surface area contributed by atoms with Crippen LogP contribution in [0.5, 0.6) is 11.5 Å². The number of halogens is 1. The molecule has 2 N–H and O–H groups in total. The van der Waals surface area contributed by atoms with Crippen LogP contribution < -0.4 is 14.8 Å². The fourth-order valence-electron chi connectivity index (χ4n) is 2.20. The Kier molecular flexibility index (Phi) is 8.63. The van der Waals surface area contributed by atoms with Crippen LogP contribution in [0.3, 0.4) is 0 Å². The molecule has 0 fully saturated rings. The van der Waals surface area contributed by atoms with Crippen molar-refractivity contribution in [3.8, 4) is 23.5 Å². The first-order valence-corrected chi connectivity index (χ1v) is 8.65. The van der Waals surface area contributed by atoms with Gasteiger partial charge in [0.2, 0.25) is 0 Å². The Balaban J connectivity index is 1.67. The highest BCUT2D eigenvalue weighted by Gasteiger charge is 2.15. The number of rotatable bonds is 9. The highest BCUT2D eigenvalue weighted by molar-refractivity contribution is 5.80. The average molecular weight is 387 g/mol. The number of hydrogen-bond acceptors (Lipinski definition) is 5. The second-order valence-electron chi connectivity index (χ2n) is 5.74. The topological polar surface area (TPSA) is 77.0 Å². The van der Waals surface area contributed by atoms with Crippen LogP contribution in [0.1, 0.15) is 5.56 Å². The Bertz CT molecular complexity index is 796. The second kappa shape index (κ2) is 11.5. The van der Waals surface area contributed by atoms with Gasteiger partial charge in [0.15, 0.2) is 12.7 Å². The van der Waals surface area contributed by atoms with Gasteiger partial charge in [0.05, 0.1) is 7.11 Å². The quantitative estimate of drug-likeness (QED) is 0.643. The second-order valence-corrected chi connectivity index (χ2v) is 5.74. The first-order chi connectivity index (χ1) is 13.6. The zero-order valence-corrected chi connectivity index (χ0v) is 15.5. The summed E-state index contributed by atoms with van der Waals surface area (Å²) in [5.74, 6) is 2.84. The minimum atomic E-state index is -1.31. The molecule has 7 heteroatoms. The molecule has 0 aliphatic heterocycles. The van der Waals surface area contributed by atoms with Gasteiger partial charge in [-0.1, -0.05) is 12.1 Å². The summed E-state index contributed by atoms with van der Waals surface area (Å²) in [6.07, 6.45) is 1.73. The van der Waals surface area contributed by atoms with Crippen LogP contribution in [0.25, 0.3) is 0 Å². The van der Waals surface area contributed by atoms with E-state index in [-0.39, 0.29) is 19.0 Å². The molecule has 0 bridgehead atoms. The molecule has 0 spiro atoms. The number of ether oxygens (including phenoxy) is 3. The van der Waals surface area contributed by atoms with Gasteiger partial charge in [-0.2, -0.15) is 0 Å². The zero-order valence-electron chi connectivity index (χ0n) is 15.5. The van der Waals surface area contributed by atoms with E-state index >= 15 is 0 Å². The van der Waals surface area contributed by atoms with Crippen molar-refractivity contribution in [2.45, 2.75) is 12.5 Å². The van der Waals surface area contributed by atoms with Crippen molar-refractivity contribution in [1.29, 1.82) is 0 Å². The Morgan fingerprint density at radius 3 is 2.43 bits per heavy atom. The fourth-order valence-corrected chi connectivity index (χ4v) is 2.20. The number of aliphatic hydroxyl groups is 1.